The van der Waals surface area contributed by atoms with Crippen LogP contribution in [0.25, 0.3) is 0 Å². The van der Waals surface area contributed by atoms with Gasteiger partial charge >= 0.3 is 5.97 Å². The van der Waals surface area contributed by atoms with Gasteiger partial charge in [-0.15, -0.1) is 0 Å². The number of Topliss-reactive ketones (excluding diaryl/α,β-unsaturated/α-hetero) is 1. The van der Waals surface area contributed by atoms with Crippen molar-refractivity contribution in [3.05, 3.63) is 52.3 Å². The maximum atomic E-state index is 12.3. The van der Waals surface area contributed by atoms with Gasteiger partial charge < -0.3 is 9.30 Å². The van der Waals surface area contributed by atoms with Gasteiger partial charge in [-0.3, -0.25) is 9.59 Å². The van der Waals surface area contributed by atoms with E-state index in [2.05, 4.69) is 4.72 Å². The van der Waals surface area contributed by atoms with Crippen LogP contribution in [0.4, 0.5) is 0 Å². The lowest BCUT2D eigenvalue weighted by Gasteiger charge is -2.09. The predicted octanol–water partition coefficient (Wildman–Crippen LogP) is 2.74. The van der Waals surface area contributed by atoms with Gasteiger partial charge in [0.25, 0.3) is 0 Å². The zero-order chi connectivity index (χ0) is 21.8. The molecular formula is C21H28N2O5S. The molecule has 2 rings (SSSR count). The Labute approximate surface area is 172 Å². The van der Waals surface area contributed by atoms with Crippen LogP contribution in [0.1, 0.15) is 45.7 Å². The number of nitrogens with zero attached hydrogens (tertiary/aromatic N) is 1. The van der Waals surface area contributed by atoms with Gasteiger partial charge in [0.05, 0.1) is 4.90 Å². The van der Waals surface area contributed by atoms with Gasteiger partial charge in [-0.2, -0.15) is 0 Å². The number of carbonyl (C=O) groups is 2. The Morgan fingerprint density at radius 2 is 1.76 bits per heavy atom. The monoisotopic (exact) mass is 420 g/mol. The Balaban J connectivity index is 1.77. The van der Waals surface area contributed by atoms with Crippen LogP contribution in [0.15, 0.2) is 29.2 Å². The maximum Gasteiger partial charge on any atom is 0.306 e. The third-order valence-corrected chi connectivity index (χ3v) is 6.54. The molecule has 158 valence electrons. The first-order chi connectivity index (χ1) is 13.5. The molecule has 0 atom stereocenters. The SMILES string of the molecule is Cc1ccc(S(=O)(=O)NCCCC(=O)OCC(=O)c2cc(C)n(C)c2C)cc1C. The van der Waals surface area contributed by atoms with Gasteiger partial charge in [0.15, 0.2) is 6.61 Å². The van der Waals surface area contributed by atoms with Crippen LogP contribution < -0.4 is 4.72 Å². The van der Waals surface area contributed by atoms with Crippen LogP contribution in [-0.2, 0) is 26.6 Å². The Morgan fingerprint density at radius 1 is 1.07 bits per heavy atom. The predicted molar refractivity (Wildman–Crippen MR) is 111 cm³/mol. The van der Waals surface area contributed by atoms with E-state index in [0.29, 0.717) is 5.56 Å². The number of hydrogen-bond acceptors (Lipinski definition) is 5. The molecule has 0 aliphatic carbocycles. The fourth-order valence-corrected chi connectivity index (χ4v) is 4.00. The average Bonchev–Trinajstić information content (AvgIpc) is 2.92. The van der Waals surface area contributed by atoms with Crippen molar-refractivity contribution < 1.29 is 22.7 Å². The smallest absolute Gasteiger partial charge is 0.306 e. The summed E-state index contributed by atoms with van der Waals surface area (Å²) in [6.45, 7) is 7.28. The summed E-state index contributed by atoms with van der Waals surface area (Å²) < 4.78 is 34.0. The highest BCUT2D eigenvalue weighted by atomic mass is 32.2. The fourth-order valence-electron chi connectivity index (χ4n) is 2.84. The topological polar surface area (TPSA) is 94.5 Å². The zero-order valence-corrected chi connectivity index (χ0v) is 18.4. The minimum absolute atomic E-state index is 0.0233. The molecule has 0 fully saturated rings. The average molecular weight is 421 g/mol. The molecule has 0 saturated carbocycles. The molecule has 1 N–H and O–H groups in total. The molecule has 0 amide bonds. The van der Waals surface area contributed by atoms with E-state index in [4.69, 9.17) is 4.74 Å². The summed E-state index contributed by atoms with van der Waals surface area (Å²) in [6, 6.07) is 6.70. The minimum Gasteiger partial charge on any atom is -0.457 e. The number of esters is 1. The number of ether oxygens (including phenoxy) is 1. The number of ketones is 1. The summed E-state index contributed by atoms with van der Waals surface area (Å²) in [7, 11) is -1.76. The summed E-state index contributed by atoms with van der Waals surface area (Å²) in [5.74, 6) is -0.788. The number of aromatic nitrogens is 1. The lowest BCUT2D eigenvalue weighted by atomic mass is 10.1. The standard InChI is InChI=1S/C21H28N2O5S/c1-14-8-9-18(11-15(14)2)29(26,27)22-10-6-7-21(25)28-13-20(24)19-12-16(3)23(5)17(19)4/h8-9,11-12,22H,6-7,10,13H2,1-5H3. The summed E-state index contributed by atoms with van der Waals surface area (Å²) >= 11 is 0. The molecule has 1 heterocycles. The quantitative estimate of drug-likeness (QED) is 0.382. The summed E-state index contributed by atoms with van der Waals surface area (Å²) in [5.41, 5.74) is 4.23. The number of benzene rings is 1. The molecule has 8 heteroatoms. The second-order valence-electron chi connectivity index (χ2n) is 7.18. The summed E-state index contributed by atoms with van der Waals surface area (Å²) in [5, 5.41) is 0. The van der Waals surface area contributed by atoms with Crippen LogP contribution in [0.5, 0.6) is 0 Å². The van der Waals surface area contributed by atoms with Crippen LogP contribution in [0.2, 0.25) is 0 Å². The lowest BCUT2D eigenvalue weighted by molar-refractivity contribution is -0.142. The summed E-state index contributed by atoms with van der Waals surface area (Å²) in [4.78, 5) is 24.3. The molecule has 0 radical (unpaired) electrons. The van der Waals surface area contributed by atoms with Gasteiger partial charge in [0.2, 0.25) is 15.8 Å². The molecule has 1 aromatic heterocycles. The van der Waals surface area contributed by atoms with Crippen LogP contribution >= 0.6 is 0 Å². The van der Waals surface area contributed by atoms with Gasteiger partial charge in [-0.05, 0) is 63.4 Å². The Kier molecular flexibility index (Phi) is 7.37. The number of rotatable bonds is 9. The van der Waals surface area contributed by atoms with Crippen molar-refractivity contribution in [2.45, 2.75) is 45.4 Å². The van der Waals surface area contributed by atoms with Crippen molar-refractivity contribution in [3.8, 4) is 0 Å². The van der Waals surface area contributed by atoms with E-state index in [1.54, 1.807) is 24.3 Å². The zero-order valence-electron chi connectivity index (χ0n) is 17.5. The first-order valence-electron chi connectivity index (χ1n) is 9.41. The number of hydrogen-bond donors (Lipinski definition) is 1. The fraction of sp³-hybridized carbons (Fsp3) is 0.429. The highest BCUT2D eigenvalue weighted by molar-refractivity contribution is 7.89. The molecule has 0 bridgehead atoms. The van der Waals surface area contributed by atoms with E-state index in [1.807, 2.05) is 39.3 Å². The second-order valence-corrected chi connectivity index (χ2v) is 8.94. The molecule has 29 heavy (non-hydrogen) atoms. The van der Waals surface area contributed by atoms with E-state index in [-0.39, 0.29) is 36.7 Å². The van der Waals surface area contributed by atoms with Crippen LogP contribution in [0, 0.1) is 27.7 Å². The Hall–Kier alpha value is -2.45. The largest absolute Gasteiger partial charge is 0.457 e. The second kappa shape index (κ2) is 9.37. The molecule has 0 saturated heterocycles. The van der Waals surface area contributed by atoms with Crippen molar-refractivity contribution in [2.75, 3.05) is 13.2 Å². The molecule has 0 unspecified atom stereocenters. The van der Waals surface area contributed by atoms with Crippen molar-refractivity contribution in [1.29, 1.82) is 0 Å². The number of aryl methyl sites for hydroxylation is 3. The number of carbonyl (C=O) groups excluding carboxylic acids is 2. The normalized spacial score (nSPS) is 11.5. The molecule has 7 nitrogen and oxygen atoms in total. The van der Waals surface area contributed by atoms with Crippen LogP contribution in [0.3, 0.4) is 0 Å². The van der Waals surface area contributed by atoms with Crippen molar-refractivity contribution >= 4 is 21.8 Å². The number of sulfonamides is 1. The van der Waals surface area contributed by atoms with Gasteiger partial charge in [0.1, 0.15) is 0 Å². The van der Waals surface area contributed by atoms with E-state index < -0.39 is 16.0 Å². The first-order valence-corrected chi connectivity index (χ1v) is 10.9. The van der Waals surface area contributed by atoms with E-state index in [0.717, 1.165) is 22.5 Å². The molecule has 2 aromatic rings. The van der Waals surface area contributed by atoms with E-state index in [9.17, 15) is 18.0 Å². The van der Waals surface area contributed by atoms with Crippen molar-refractivity contribution in [3.63, 3.8) is 0 Å². The molecule has 0 aliphatic heterocycles. The van der Waals surface area contributed by atoms with Gasteiger partial charge in [-0.1, -0.05) is 6.07 Å². The van der Waals surface area contributed by atoms with E-state index in [1.165, 1.54) is 0 Å². The van der Waals surface area contributed by atoms with Crippen LogP contribution in [-0.4, -0.2) is 37.9 Å². The Morgan fingerprint density at radius 3 is 2.34 bits per heavy atom. The minimum atomic E-state index is -3.62. The van der Waals surface area contributed by atoms with Gasteiger partial charge in [0, 0.05) is 37.0 Å². The molecule has 0 spiro atoms. The molecule has 1 aromatic carbocycles. The Bertz CT molecular complexity index is 1020. The summed E-state index contributed by atoms with van der Waals surface area (Å²) in [6.07, 6.45) is 0.302. The number of nitrogens with one attached hydrogen (secondary N) is 1. The maximum absolute atomic E-state index is 12.3. The van der Waals surface area contributed by atoms with E-state index >= 15 is 0 Å². The third kappa shape index (κ3) is 5.77. The first kappa shape index (κ1) is 22.8. The van der Waals surface area contributed by atoms with Crippen molar-refractivity contribution in [1.82, 2.24) is 9.29 Å². The third-order valence-electron chi connectivity index (χ3n) is 5.08. The van der Waals surface area contributed by atoms with Gasteiger partial charge in [-0.25, -0.2) is 13.1 Å². The molecular weight excluding hydrogens is 392 g/mol. The van der Waals surface area contributed by atoms with Crippen molar-refractivity contribution in [2.24, 2.45) is 7.05 Å². The highest BCUT2D eigenvalue weighted by Crippen LogP contribution is 2.15. The highest BCUT2D eigenvalue weighted by Gasteiger charge is 2.17. The lowest BCUT2D eigenvalue weighted by Crippen LogP contribution is -2.25. The molecule has 0 aliphatic rings.